The van der Waals surface area contributed by atoms with Gasteiger partial charge >= 0.3 is 0 Å². The summed E-state index contributed by atoms with van der Waals surface area (Å²) in [4.78, 5) is 12.8. The van der Waals surface area contributed by atoms with Gasteiger partial charge in [0.2, 0.25) is 10.0 Å². The van der Waals surface area contributed by atoms with E-state index in [1.54, 1.807) is 12.1 Å². The van der Waals surface area contributed by atoms with Crippen molar-refractivity contribution in [3.8, 4) is 0 Å². The summed E-state index contributed by atoms with van der Waals surface area (Å²) in [5.74, 6) is 2.06. The van der Waals surface area contributed by atoms with Crippen molar-refractivity contribution >= 4 is 15.9 Å². The van der Waals surface area contributed by atoms with Crippen LogP contribution in [0.25, 0.3) is 0 Å². The molecule has 148 valence electrons. The molecule has 1 aromatic carbocycles. The molecule has 2 aliphatic carbocycles. The largest absolute Gasteiger partial charge is 0.379 e. The molecule has 3 aliphatic rings. The lowest BCUT2D eigenvalue weighted by Crippen LogP contribution is -2.41. The average molecular weight is 393 g/mol. The molecule has 1 aliphatic heterocycles. The van der Waals surface area contributed by atoms with Crippen molar-refractivity contribution in [2.24, 2.45) is 17.8 Å². The molecule has 0 spiro atoms. The molecule has 4 atom stereocenters. The number of sulfonamides is 1. The summed E-state index contributed by atoms with van der Waals surface area (Å²) in [7, 11) is -3.52. The normalized spacial score (nSPS) is 29.6. The van der Waals surface area contributed by atoms with Crippen molar-refractivity contribution in [3.63, 3.8) is 0 Å². The van der Waals surface area contributed by atoms with E-state index in [4.69, 9.17) is 4.74 Å². The van der Waals surface area contributed by atoms with Crippen LogP contribution in [-0.2, 0) is 14.8 Å². The molecule has 3 fully saturated rings. The number of fused-ring (bicyclic) bond motifs is 2. The Balaban J connectivity index is 1.40. The van der Waals surface area contributed by atoms with Crippen molar-refractivity contribution in [1.82, 2.24) is 9.62 Å². The van der Waals surface area contributed by atoms with Crippen LogP contribution < -0.4 is 5.32 Å². The van der Waals surface area contributed by atoms with Crippen molar-refractivity contribution in [1.29, 1.82) is 0 Å². The van der Waals surface area contributed by atoms with Gasteiger partial charge in [0, 0.05) is 24.7 Å². The topological polar surface area (TPSA) is 75.7 Å². The second kappa shape index (κ2) is 7.53. The first kappa shape index (κ1) is 18.9. The smallest absolute Gasteiger partial charge is 0.251 e. The fourth-order valence-corrected chi connectivity index (χ4v) is 6.43. The molecule has 6 nitrogen and oxygen atoms in total. The van der Waals surface area contributed by atoms with E-state index in [9.17, 15) is 13.2 Å². The van der Waals surface area contributed by atoms with Crippen LogP contribution in [0.15, 0.2) is 29.2 Å². The lowest BCUT2D eigenvalue weighted by Gasteiger charge is -2.28. The molecule has 0 aromatic heterocycles. The number of rotatable bonds is 5. The first-order valence-electron chi connectivity index (χ1n) is 9.94. The minimum absolute atomic E-state index is 0.124. The molecule has 7 heteroatoms. The summed E-state index contributed by atoms with van der Waals surface area (Å²) in [6, 6.07) is 6.43. The van der Waals surface area contributed by atoms with E-state index in [-0.39, 0.29) is 16.8 Å². The summed E-state index contributed by atoms with van der Waals surface area (Å²) in [5, 5.41) is 3.13. The van der Waals surface area contributed by atoms with E-state index < -0.39 is 10.0 Å². The highest BCUT2D eigenvalue weighted by molar-refractivity contribution is 7.89. The quantitative estimate of drug-likeness (QED) is 0.834. The number of amides is 1. The first-order valence-corrected chi connectivity index (χ1v) is 11.4. The van der Waals surface area contributed by atoms with E-state index in [1.807, 2.05) is 0 Å². The molecule has 1 saturated heterocycles. The van der Waals surface area contributed by atoms with Crippen LogP contribution in [0.5, 0.6) is 0 Å². The fraction of sp³-hybridized carbons (Fsp3) is 0.650. The minimum Gasteiger partial charge on any atom is -0.379 e. The average Bonchev–Trinajstić information content (AvgIpc) is 3.32. The first-order chi connectivity index (χ1) is 12.9. The molecule has 4 rings (SSSR count). The van der Waals surface area contributed by atoms with Gasteiger partial charge in [-0.15, -0.1) is 0 Å². The predicted molar refractivity (Wildman–Crippen MR) is 102 cm³/mol. The number of carbonyl (C=O) groups is 1. The van der Waals surface area contributed by atoms with Crippen molar-refractivity contribution in [3.05, 3.63) is 29.8 Å². The molecule has 1 heterocycles. The van der Waals surface area contributed by atoms with E-state index >= 15 is 0 Å². The zero-order chi connectivity index (χ0) is 19.0. The third-order valence-corrected chi connectivity index (χ3v) is 8.43. The Hall–Kier alpha value is -1.44. The zero-order valence-corrected chi connectivity index (χ0v) is 16.6. The lowest BCUT2D eigenvalue weighted by molar-refractivity contribution is 0.0730. The maximum Gasteiger partial charge on any atom is 0.251 e. The van der Waals surface area contributed by atoms with E-state index in [2.05, 4.69) is 12.2 Å². The predicted octanol–water partition coefficient (Wildman–Crippen LogP) is 2.26. The van der Waals surface area contributed by atoms with Gasteiger partial charge in [-0.3, -0.25) is 4.79 Å². The molecule has 0 radical (unpaired) electrons. The van der Waals surface area contributed by atoms with Crippen molar-refractivity contribution < 1.29 is 17.9 Å². The number of nitrogens with zero attached hydrogens (tertiary/aromatic N) is 1. The lowest BCUT2D eigenvalue weighted by atomic mass is 9.84. The van der Waals surface area contributed by atoms with Gasteiger partial charge in [-0.2, -0.15) is 4.31 Å². The van der Waals surface area contributed by atoms with Crippen LogP contribution >= 0.6 is 0 Å². The summed E-state index contributed by atoms with van der Waals surface area (Å²) in [6.07, 6.45) is 5.19. The van der Waals surface area contributed by atoms with Crippen molar-refractivity contribution in [2.45, 2.75) is 43.5 Å². The molecule has 1 N–H and O–H groups in total. The van der Waals surface area contributed by atoms with Gasteiger partial charge in [-0.25, -0.2) is 8.42 Å². The van der Waals surface area contributed by atoms with Crippen LogP contribution in [0.3, 0.4) is 0 Å². The monoisotopic (exact) mass is 392 g/mol. The summed E-state index contributed by atoms with van der Waals surface area (Å²) >= 11 is 0. The maximum atomic E-state index is 12.7. The van der Waals surface area contributed by atoms with E-state index in [0.717, 1.165) is 11.8 Å². The van der Waals surface area contributed by atoms with Crippen molar-refractivity contribution in [2.75, 3.05) is 26.3 Å². The highest BCUT2D eigenvalue weighted by Gasteiger charge is 2.42. The minimum atomic E-state index is -3.52. The number of hydrogen-bond acceptors (Lipinski definition) is 4. The number of hydrogen-bond donors (Lipinski definition) is 1. The molecule has 1 aromatic rings. The molecular weight excluding hydrogens is 364 g/mol. The maximum absolute atomic E-state index is 12.7. The Morgan fingerprint density at radius 3 is 2.44 bits per heavy atom. The van der Waals surface area contributed by atoms with Gasteiger partial charge in [-0.05, 0) is 68.2 Å². The summed E-state index contributed by atoms with van der Waals surface area (Å²) in [5.41, 5.74) is 0.505. The van der Waals surface area contributed by atoms with Gasteiger partial charge < -0.3 is 10.1 Å². The molecule has 27 heavy (non-hydrogen) atoms. The molecule has 2 bridgehead atoms. The van der Waals surface area contributed by atoms with Gasteiger partial charge in [0.15, 0.2) is 0 Å². The Bertz CT molecular complexity index is 787. The molecular formula is C20H28N2O4S. The second-order valence-corrected chi connectivity index (χ2v) is 10.1. The van der Waals surface area contributed by atoms with Crippen LogP contribution in [0.2, 0.25) is 0 Å². The Labute approximate surface area is 161 Å². The van der Waals surface area contributed by atoms with E-state index in [0.29, 0.717) is 37.8 Å². The number of morpholine rings is 1. The fourth-order valence-electron chi connectivity index (χ4n) is 5.02. The SMILES string of the molecule is C[C@@H](NC(=O)c1ccc(S(=O)(=O)N2CCOCC2)cc1)[C@@H]1C[C@@H]2CC[C@@H]1C2. The number of ether oxygens (including phenoxy) is 1. The van der Waals surface area contributed by atoms with Crippen LogP contribution in [-0.4, -0.2) is 51.0 Å². The van der Waals surface area contributed by atoms with Crippen LogP contribution in [0, 0.1) is 17.8 Å². The standard InChI is InChI=1S/C20H28N2O4S/c1-14(19-13-15-2-3-17(19)12-15)21-20(23)16-4-6-18(7-5-16)27(24,25)22-8-10-26-11-9-22/h4-7,14-15,17,19H,2-3,8-13H2,1H3,(H,21,23)/t14-,15-,17-,19+/m1/s1. The second-order valence-electron chi connectivity index (χ2n) is 8.14. The Morgan fingerprint density at radius 2 is 1.85 bits per heavy atom. The zero-order valence-electron chi connectivity index (χ0n) is 15.8. The third kappa shape index (κ3) is 3.77. The van der Waals surface area contributed by atoms with Crippen LogP contribution in [0.1, 0.15) is 43.0 Å². The Kier molecular flexibility index (Phi) is 5.27. The highest BCUT2D eigenvalue weighted by Crippen LogP contribution is 2.49. The highest BCUT2D eigenvalue weighted by atomic mass is 32.2. The van der Waals surface area contributed by atoms with E-state index in [1.165, 1.54) is 42.1 Å². The van der Waals surface area contributed by atoms with Gasteiger partial charge in [0.1, 0.15) is 0 Å². The summed E-state index contributed by atoms with van der Waals surface area (Å²) in [6.45, 7) is 3.67. The third-order valence-electron chi connectivity index (χ3n) is 6.52. The van der Waals surface area contributed by atoms with Crippen LogP contribution in [0.4, 0.5) is 0 Å². The summed E-state index contributed by atoms with van der Waals surface area (Å²) < 4.78 is 32.0. The molecule has 1 amide bonds. The molecule has 2 saturated carbocycles. The van der Waals surface area contributed by atoms with Gasteiger partial charge in [0.25, 0.3) is 5.91 Å². The van der Waals surface area contributed by atoms with Gasteiger partial charge in [-0.1, -0.05) is 6.42 Å². The number of benzene rings is 1. The number of carbonyl (C=O) groups excluding carboxylic acids is 1. The molecule has 0 unspecified atom stereocenters. The van der Waals surface area contributed by atoms with Gasteiger partial charge in [0.05, 0.1) is 18.1 Å². The Morgan fingerprint density at radius 1 is 1.15 bits per heavy atom. The number of nitrogens with one attached hydrogen (secondary N) is 1.